The minimum absolute atomic E-state index is 0.00794. The van der Waals surface area contributed by atoms with E-state index in [4.69, 9.17) is 9.57 Å². The Labute approximate surface area is 240 Å². The smallest absolute Gasteiger partial charge is 0.328 e. The maximum Gasteiger partial charge on any atom is 0.328 e. The first-order valence-corrected chi connectivity index (χ1v) is 15.6. The molecule has 0 bridgehead atoms. The van der Waals surface area contributed by atoms with Crippen LogP contribution in [-0.4, -0.2) is 42.3 Å². The maximum absolute atomic E-state index is 12.8. The van der Waals surface area contributed by atoms with Gasteiger partial charge in [0.1, 0.15) is 18.9 Å². The molecule has 0 spiro atoms. The lowest BCUT2D eigenvalue weighted by atomic mass is 9.54. The Bertz CT molecular complexity index is 1300. The van der Waals surface area contributed by atoms with E-state index in [0.717, 1.165) is 68.5 Å². The molecule has 0 radical (unpaired) electrons. The third-order valence-electron chi connectivity index (χ3n) is 9.95. The number of nitrogens with zero attached hydrogens (tertiary/aromatic N) is 2. The van der Waals surface area contributed by atoms with Gasteiger partial charge in [-0.05, 0) is 112 Å². The molecule has 2 aromatic rings. The zero-order valence-corrected chi connectivity index (χ0v) is 24.5. The van der Waals surface area contributed by atoms with Crippen LogP contribution in [0.2, 0.25) is 0 Å². The minimum atomic E-state index is -0.188. The third-order valence-corrected chi connectivity index (χ3v) is 10.8. The van der Waals surface area contributed by atoms with Gasteiger partial charge in [0.15, 0.2) is 5.13 Å². The first-order valence-electron chi connectivity index (χ1n) is 14.8. The van der Waals surface area contributed by atoms with E-state index in [1.54, 1.807) is 13.3 Å². The lowest BCUT2D eigenvalue weighted by Crippen LogP contribution is -2.44. The van der Waals surface area contributed by atoms with Crippen molar-refractivity contribution >= 4 is 34.1 Å². The average molecular weight is 565 g/mol. The van der Waals surface area contributed by atoms with Gasteiger partial charge in [-0.15, -0.1) is 11.3 Å². The average Bonchev–Trinajstić information content (AvgIpc) is 3.68. The third kappa shape index (κ3) is 5.18. The number of nitrogens with one attached hydrogen (secondary N) is 2. The number of oxime groups is 1. The molecule has 2 N–H and O–H groups in total. The van der Waals surface area contributed by atoms with E-state index in [0.29, 0.717) is 41.0 Å². The van der Waals surface area contributed by atoms with Gasteiger partial charge >= 0.3 is 5.97 Å². The molecule has 4 aliphatic rings. The molecule has 4 unspecified atom stereocenters. The van der Waals surface area contributed by atoms with Crippen molar-refractivity contribution < 1.29 is 19.2 Å². The summed E-state index contributed by atoms with van der Waals surface area (Å²) in [6.45, 7) is 5.24. The molecule has 8 nitrogen and oxygen atoms in total. The lowest BCUT2D eigenvalue weighted by molar-refractivity contribution is -0.136. The molecule has 3 fully saturated rings. The predicted octanol–water partition coefficient (Wildman–Crippen LogP) is 5.61. The van der Waals surface area contributed by atoms with Crippen molar-refractivity contribution in [3.8, 4) is 5.75 Å². The molecule has 1 amide bonds. The van der Waals surface area contributed by atoms with Gasteiger partial charge in [0, 0.05) is 22.9 Å². The number of rotatable bonds is 7. The molecule has 1 aliphatic heterocycles. The van der Waals surface area contributed by atoms with Gasteiger partial charge in [-0.2, -0.15) is 0 Å². The van der Waals surface area contributed by atoms with E-state index < -0.39 is 0 Å². The van der Waals surface area contributed by atoms with E-state index >= 15 is 0 Å². The van der Waals surface area contributed by atoms with Gasteiger partial charge in [-0.3, -0.25) is 4.79 Å². The molecule has 6 rings (SSSR count). The number of hydrogen-bond acceptors (Lipinski definition) is 8. The summed E-state index contributed by atoms with van der Waals surface area (Å²) in [5.41, 5.74) is 3.87. The number of anilines is 1. The van der Waals surface area contributed by atoms with Crippen LogP contribution in [0.1, 0.15) is 80.2 Å². The number of carbonyl (C=O) groups excluding carboxylic acids is 2. The Hall–Kier alpha value is -2.78. The highest BCUT2D eigenvalue weighted by molar-refractivity contribution is 7.15. The van der Waals surface area contributed by atoms with E-state index in [1.165, 1.54) is 22.5 Å². The Morgan fingerprint density at radius 1 is 1.27 bits per heavy atom. The van der Waals surface area contributed by atoms with Crippen LogP contribution in [0, 0.1) is 30.1 Å². The first-order chi connectivity index (χ1) is 19.4. The largest absolute Gasteiger partial charge is 0.425 e. The second-order valence-corrected chi connectivity index (χ2v) is 13.5. The minimum Gasteiger partial charge on any atom is -0.425 e. The van der Waals surface area contributed by atoms with Crippen LogP contribution < -0.4 is 15.4 Å². The summed E-state index contributed by atoms with van der Waals surface area (Å²) in [4.78, 5) is 36.1. The van der Waals surface area contributed by atoms with E-state index in [-0.39, 0.29) is 23.3 Å². The number of aromatic nitrogens is 1. The second-order valence-electron chi connectivity index (χ2n) is 12.3. The van der Waals surface area contributed by atoms with Crippen molar-refractivity contribution in [2.75, 3.05) is 19.0 Å². The molecule has 2 heterocycles. The van der Waals surface area contributed by atoms with Gasteiger partial charge in [-0.1, -0.05) is 18.1 Å². The van der Waals surface area contributed by atoms with E-state index in [2.05, 4.69) is 39.8 Å². The van der Waals surface area contributed by atoms with Crippen LogP contribution in [0.15, 0.2) is 29.6 Å². The van der Waals surface area contributed by atoms with Crippen molar-refractivity contribution in [1.82, 2.24) is 10.3 Å². The first kappa shape index (κ1) is 27.4. The highest BCUT2D eigenvalue weighted by atomic mass is 32.1. The van der Waals surface area contributed by atoms with Crippen molar-refractivity contribution in [1.29, 1.82) is 0 Å². The molecule has 9 heteroatoms. The fourth-order valence-electron chi connectivity index (χ4n) is 8.20. The Morgan fingerprint density at radius 3 is 2.90 bits per heavy atom. The molecule has 214 valence electrons. The van der Waals surface area contributed by atoms with Gasteiger partial charge in [0.2, 0.25) is 5.91 Å². The summed E-state index contributed by atoms with van der Waals surface area (Å²) in [7, 11) is 1.64. The van der Waals surface area contributed by atoms with E-state index in [9.17, 15) is 9.59 Å². The molecule has 40 heavy (non-hydrogen) atoms. The normalized spacial score (nSPS) is 31.8. The standard InChI is InChI=1S/C31H40N4O4S/c1-18-17-33-30(40-18)34-27(36)11-7-20-16-26(35-38-3)31(2)13-12-23-22-10-8-21(39-29(37)25-5-4-14-32-25)15-19(22)6-9-24(23)28(20)31/h8,10,15,17,20,23-25,28,32H,4-7,9,11-14,16H2,1-3H3,(H,33,34,36)/b35-26+/t20-,23?,24?,25?,28?,31-/m1/s1. The topological polar surface area (TPSA) is 102 Å². The van der Waals surface area contributed by atoms with Crippen LogP contribution in [0.25, 0.3) is 0 Å². The van der Waals surface area contributed by atoms with E-state index in [1.807, 2.05) is 13.0 Å². The zero-order chi connectivity index (χ0) is 27.9. The zero-order valence-electron chi connectivity index (χ0n) is 23.7. The lowest BCUT2D eigenvalue weighted by Gasteiger charge is -2.50. The molecular formula is C31H40N4O4S. The van der Waals surface area contributed by atoms with Gasteiger partial charge in [0.05, 0.1) is 5.71 Å². The summed E-state index contributed by atoms with van der Waals surface area (Å²) in [5, 5.41) is 11.4. The summed E-state index contributed by atoms with van der Waals surface area (Å²) in [6, 6.07) is 6.10. The van der Waals surface area contributed by atoms with Crippen molar-refractivity contribution in [2.45, 2.75) is 83.6 Å². The van der Waals surface area contributed by atoms with Crippen LogP contribution >= 0.6 is 11.3 Å². The fourth-order valence-corrected chi connectivity index (χ4v) is 8.88. The number of aryl methyl sites for hydroxylation is 2. The van der Waals surface area contributed by atoms with Gasteiger partial charge in [0.25, 0.3) is 0 Å². The molecule has 1 aromatic heterocycles. The summed E-state index contributed by atoms with van der Waals surface area (Å²) < 4.78 is 5.77. The SMILES string of the molecule is CO/N=C1\C[C@@H](CCC(=O)Nc2ncc(C)s2)C2C3CCc4cc(OC(=O)C5CCCN5)ccc4C3CC[C@]12C. The highest BCUT2D eigenvalue weighted by Gasteiger charge is 2.57. The van der Waals surface area contributed by atoms with Crippen molar-refractivity contribution in [3.05, 3.63) is 40.4 Å². The number of ether oxygens (including phenoxy) is 1. The highest BCUT2D eigenvalue weighted by Crippen LogP contribution is 2.62. The number of hydrogen-bond donors (Lipinski definition) is 2. The number of thiazole rings is 1. The summed E-state index contributed by atoms with van der Waals surface area (Å²) >= 11 is 1.51. The Balaban J connectivity index is 1.19. The second kappa shape index (κ2) is 11.2. The van der Waals surface area contributed by atoms with Crippen LogP contribution in [0.5, 0.6) is 5.75 Å². The number of benzene rings is 1. The molecule has 1 saturated heterocycles. The molecular weight excluding hydrogens is 524 g/mol. The molecule has 3 aliphatic carbocycles. The van der Waals surface area contributed by atoms with Crippen LogP contribution in [0.3, 0.4) is 0 Å². The van der Waals surface area contributed by atoms with Crippen LogP contribution in [-0.2, 0) is 20.8 Å². The van der Waals surface area contributed by atoms with Crippen molar-refractivity contribution in [2.24, 2.45) is 28.3 Å². The Kier molecular flexibility index (Phi) is 7.70. The molecule has 2 saturated carbocycles. The van der Waals surface area contributed by atoms with Gasteiger partial charge < -0.3 is 20.2 Å². The number of carbonyl (C=O) groups is 2. The predicted molar refractivity (Wildman–Crippen MR) is 156 cm³/mol. The van der Waals surface area contributed by atoms with Gasteiger partial charge in [-0.25, -0.2) is 9.78 Å². The Morgan fingerprint density at radius 2 is 2.15 bits per heavy atom. The van der Waals surface area contributed by atoms with Crippen molar-refractivity contribution in [3.63, 3.8) is 0 Å². The quantitative estimate of drug-likeness (QED) is 0.257. The number of esters is 1. The monoisotopic (exact) mass is 564 g/mol. The summed E-state index contributed by atoms with van der Waals surface area (Å²) in [5.74, 6) is 2.36. The number of fused-ring (bicyclic) bond motifs is 5. The maximum atomic E-state index is 12.8. The van der Waals surface area contributed by atoms with Crippen LogP contribution in [0.4, 0.5) is 5.13 Å². The molecule has 6 atom stereocenters. The number of amides is 1. The summed E-state index contributed by atoms with van der Waals surface area (Å²) in [6.07, 6.45) is 10.1. The molecule has 1 aromatic carbocycles. The fraction of sp³-hybridized carbons (Fsp3) is 0.613.